The zero-order valence-corrected chi connectivity index (χ0v) is 15.8. The van der Waals surface area contributed by atoms with E-state index in [1.54, 1.807) is 0 Å². The Morgan fingerprint density at radius 1 is 0.821 bits per heavy atom. The van der Waals surface area contributed by atoms with Gasteiger partial charge in [0, 0.05) is 0 Å². The van der Waals surface area contributed by atoms with Crippen LogP contribution in [-0.4, -0.2) is 46.6 Å². The molecular weight excluding hydrogens is 360 g/mol. The highest BCUT2D eigenvalue weighted by molar-refractivity contribution is 6.03. The summed E-state index contributed by atoms with van der Waals surface area (Å²) in [5, 5.41) is 19.4. The maximum absolute atomic E-state index is 12.1. The van der Waals surface area contributed by atoms with Crippen LogP contribution in [0.1, 0.15) is 70.4 Å². The maximum atomic E-state index is 12.1. The molecule has 0 spiro atoms. The molecule has 4 aliphatic rings. The molecule has 2 aliphatic carbocycles. The second-order valence-electron chi connectivity index (χ2n) is 8.93. The number of rotatable bonds is 6. The van der Waals surface area contributed by atoms with Gasteiger partial charge in [0.25, 0.3) is 0 Å². The van der Waals surface area contributed by atoms with E-state index in [0.29, 0.717) is 42.7 Å². The number of benzene rings is 1. The van der Waals surface area contributed by atoms with Crippen molar-refractivity contribution < 1.29 is 29.3 Å². The number of carboxylic acid groups (broad SMARTS) is 2. The highest BCUT2D eigenvalue weighted by Crippen LogP contribution is 2.43. The van der Waals surface area contributed by atoms with E-state index in [-0.39, 0.29) is 11.1 Å². The van der Waals surface area contributed by atoms with E-state index in [9.17, 15) is 19.8 Å². The van der Waals surface area contributed by atoms with E-state index < -0.39 is 11.9 Å². The van der Waals surface area contributed by atoms with Crippen LogP contribution in [0.2, 0.25) is 0 Å². The molecule has 0 bridgehead atoms. The molecule has 1 aromatic carbocycles. The van der Waals surface area contributed by atoms with E-state index >= 15 is 0 Å². The van der Waals surface area contributed by atoms with Crippen molar-refractivity contribution in [2.75, 3.05) is 0 Å². The van der Waals surface area contributed by atoms with Gasteiger partial charge in [-0.15, -0.1) is 0 Å². The van der Waals surface area contributed by atoms with Gasteiger partial charge in [-0.25, -0.2) is 9.59 Å². The lowest BCUT2D eigenvalue weighted by Gasteiger charge is -2.25. The molecule has 150 valence electrons. The Labute approximate surface area is 163 Å². The normalized spacial score (nSPS) is 35.6. The van der Waals surface area contributed by atoms with Crippen LogP contribution in [-0.2, 0) is 22.3 Å². The summed E-state index contributed by atoms with van der Waals surface area (Å²) in [4.78, 5) is 23.7. The number of carboxylic acids is 2. The Bertz CT molecular complexity index is 817. The number of epoxide rings is 2. The average molecular weight is 386 g/mol. The minimum atomic E-state index is -1.17. The first-order valence-corrected chi connectivity index (χ1v) is 10.4. The summed E-state index contributed by atoms with van der Waals surface area (Å²) in [5.74, 6) is -1.49. The van der Waals surface area contributed by atoms with Crippen LogP contribution in [0.5, 0.6) is 0 Å². The lowest BCUT2D eigenvalue weighted by atomic mass is 9.78. The Morgan fingerprint density at radius 2 is 1.43 bits per heavy atom. The first-order chi connectivity index (χ1) is 13.5. The number of carbonyl (C=O) groups is 2. The van der Waals surface area contributed by atoms with E-state index in [2.05, 4.69) is 0 Å². The third kappa shape index (κ3) is 3.44. The maximum Gasteiger partial charge on any atom is 0.336 e. The Balaban J connectivity index is 1.46. The van der Waals surface area contributed by atoms with Crippen molar-refractivity contribution in [3.8, 4) is 0 Å². The zero-order chi connectivity index (χ0) is 19.4. The topological polar surface area (TPSA) is 99.7 Å². The van der Waals surface area contributed by atoms with Crippen LogP contribution < -0.4 is 0 Å². The summed E-state index contributed by atoms with van der Waals surface area (Å²) in [6, 6.07) is 3.33. The number of fused-ring (bicyclic) bond motifs is 2. The van der Waals surface area contributed by atoms with Crippen molar-refractivity contribution in [2.45, 2.75) is 75.8 Å². The third-order valence-corrected chi connectivity index (χ3v) is 7.08. The van der Waals surface area contributed by atoms with E-state index in [1.165, 1.54) is 6.07 Å². The predicted molar refractivity (Wildman–Crippen MR) is 99.8 cm³/mol. The Hall–Kier alpha value is -1.92. The Morgan fingerprint density at radius 3 is 1.96 bits per heavy atom. The molecule has 6 atom stereocenters. The molecule has 2 saturated carbocycles. The minimum absolute atomic E-state index is 0.0137. The summed E-state index contributed by atoms with van der Waals surface area (Å²) < 4.78 is 11.3. The van der Waals surface area contributed by atoms with Gasteiger partial charge in [-0.05, 0) is 80.4 Å². The summed E-state index contributed by atoms with van der Waals surface area (Å²) >= 11 is 0. The predicted octanol–water partition coefficient (Wildman–Crippen LogP) is 3.30. The largest absolute Gasteiger partial charge is 0.478 e. The van der Waals surface area contributed by atoms with Gasteiger partial charge in [-0.1, -0.05) is 6.07 Å². The molecule has 4 fully saturated rings. The van der Waals surface area contributed by atoms with Crippen LogP contribution in [0, 0.1) is 11.8 Å². The highest BCUT2D eigenvalue weighted by atomic mass is 16.6. The van der Waals surface area contributed by atoms with Gasteiger partial charge >= 0.3 is 11.9 Å². The van der Waals surface area contributed by atoms with Crippen molar-refractivity contribution in [3.63, 3.8) is 0 Å². The Kier molecular flexibility index (Phi) is 4.43. The number of ether oxygens (including phenoxy) is 2. The average Bonchev–Trinajstić information content (AvgIpc) is 3.56. The molecule has 2 heterocycles. The molecule has 6 nitrogen and oxygen atoms in total. The van der Waals surface area contributed by atoms with Crippen LogP contribution in [0.25, 0.3) is 0 Å². The monoisotopic (exact) mass is 386 g/mol. The summed E-state index contributed by atoms with van der Waals surface area (Å²) in [6.45, 7) is 0. The third-order valence-electron chi connectivity index (χ3n) is 7.08. The fraction of sp³-hybridized carbons (Fsp3) is 0.636. The van der Waals surface area contributed by atoms with Gasteiger partial charge in [0.2, 0.25) is 0 Å². The summed E-state index contributed by atoms with van der Waals surface area (Å²) in [6.07, 6.45) is 9.13. The molecule has 5 rings (SSSR count). The SMILES string of the molecule is O=C(O)c1ccc(CC2CCC3OC3C2)c(CC2CCC3OC3C2)c1C(=O)O. The molecule has 0 radical (unpaired) electrons. The van der Waals surface area contributed by atoms with Crippen molar-refractivity contribution >= 4 is 11.9 Å². The lowest BCUT2D eigenvalue weighted by molar-refractivity contribution is 0.0650. The summed E-state index contributed by atoms with van der Waals surface area (Å²) in [5.41, 5.74) is 1.62. The van der Waals surface area contributed by atoms with Gasteiger partial charge in [-0.3, -0.25) is 0 Å². The van der Waals surface area contributed by atoms with Gasteiger partial charge in [0.1, 0.15) is 0 Å². The van der Waals surface area contributed by atoms with E-state index in [4.69, 9.17) is 9.47 Å². The minimum Gasteiger partial charge on any atom is -0.478 e. The van der Waals surface area contributed by atoms with Crippen LogP contribution in [0.15, 0.2) is 12.1 Å². The standard InChI is InChI=1S/C22H26O6/c23-21(24)14-4-3-13(7-11-1-5-16-18(9-11)27-16)15(20(14)22(25)26)8-12-2-6-17-19(10-12)28-17/h3-4,11-12,16-19H,1-2,5-10H2,(H,23,24)(H,25,26). The van der Waals surface area contributed by atoms with Gasteiger partial charge in [0.05, 0.1) is 35.5 Å². The lowest BCUT2D eigenvalue weighted by Crippen LogP contribution is -2.22. The van der Waals surface area contributed by atoms with Crippen LogP contribution in [0.4, 0.5) is 0 Å². The zero-order valence-electron chi connectivity index (χ0n) is 15.8. The fourth-order valence-electron chi connectivity index (χ4n) is 5.48. The second kappa shape index (κ2) is 6.85. The smallest absolute Gasteiger partial charge is 0.336 e. The van der Waals surface area contributed by atoms with Crippen molar-refractivity contribution in [2.24, 2.45) is 11.8 Å². The molecule has 28 heavy (non-hydrogen) atoms. The first-order valence-electron chi connectivity index (χ1n) is 10.4. The van der Waals surface area contributed by atoms with Crippen molar-refractivity contribution in [1.29, 1.82) is 0 Å². The fourth-order valence-corrected chi connectivity index (χ4v) is 5.48. The number of hydrogen-bond donors (Lipinski definition) is 2. The molecule has 0 amide bonds. The van der Waals surface area contributed by atoms with Crippen molar-refractivity contribution in [3.05, 3.63) is 34.4 Å². The molecule has 2 aliphatic heterocycles. The molecule has 1 aromatic rings. The molecule has 6 heteroatoms. The molecular formula is C22H26O6. The van der Waals surface area contributed by atoms with Crippen LogP contribution >= 0.6 is 0 Å². The van der Waals surface area contributed by atoms with Gasteiger partial charge in [-0.2, -0.15) is 0 Å². The number of aromatic carboxylic acids is 2. The van der Waals surface area contributed by atoms with Crippen molar-refractivity contribution in [1.82, 2.24) is 0 Å². The van der Waals surface area contributed by atoms with E-state index in [1.807, 2.05) is 6.07 Å². The highest BCUT2D eigenvalue weighted by Gasteiger charge is 2.45. The molecule has 2 saturated heterocycles. The second-order valence-corrected chi connectivity index (χ2v) is 8.93. The molecule has 0 aromatic heterocycles. The molecule has 2 N–H and O–H groups in total. The van der Waals surface area contributed by atoms with Gasteiger partial charge < -0.3 is 19.7 Å². The van der Waals surface area contributed by atoms with E-state index in [0.717, 1.165) is 56.1 Å². The van der Waals surface area contributed by atoms with Crippen LogP contribution in [0.3, 0.4) is 0 Å². The summed E-state index contributed by atoms with van der Waals surface area (Å²) in [7, 11) is 0. The molecule has 6 unspecified atom stereocenters. The number of hydrogen-bond acceptors (Lipinski definition) is 4. The first kappa shape index (κ1) is 18.1. The van der Waals surface area contributed by atoms with Gasteiger partial charge in [0.15, 0.2) is 0 Å². The quantitative estimate of drug-likeness (QED) is 0.728.